The predicted molar refractivity (Wildman–Crippen MR) is 107 cm³/mol. The fourth-order valence-electron chi connectivity index (χ4n) is 3.54. The molecule has 1 aromatic heterocycles. The van der Waals surface area contributed by atoms with Crippen LogP contribution in [0.25, 0.3) is 11.0 Å². The van der Waals surface area contributed by atoms with Crippen molar-refractivity contribution in [3.63, 3.8) is 0 Å². The van der Waals surface area contributed by atoms with Gasteiger partial charge in [0.1, 0.15) is 5.82 Å². The first-order valence-corrected chi connectivity index (χ1v) is 8.65. The minimum atomic E-state index is -0.664. The number of aromatic nitrogens is 2. The lowest BCUT2D eigenvalue weighted by molar-refractivity contribution is -0.127. The van der Waals surface area contributed by atoms with E-state index in [9.17, 15) is 4.79 Å². The Morgan fingerprint density at radius 2 is 1.92 bits per heavy atom. The first-order valence-electron chi connectivity index (χ1n) is 8.65. The van der Waals surface area contributed by atoms with E-state index in [1.807, 2.05) is 18.2 Å². The number of nitrogens with one attached hydrogen (secondary N) is 1. The number of amides is 1. The first kappa shape index (κ1) is 21.7. The van der Waals surface area contributed by atoms with Gasteiger partial charge in [-0.25, -0.2) is 4.98 Å². The van der Waals surface area contributed by atoms with Gasteiger partial charge < -0.3 is 15.6 Å². The molecule has 7 heteroatoms. The Morgan fingerprint density at radius 1 is 1.24 bits per heavy atom. The van der Waals surface area contributed by atoms with Gasteiger partial charge in [-0.3, -0.25) is 4.79 Å². The van der Waals surface area contributed by atoms with Crippen LogP contribution in [0, 0.1) is 0 Å². The molecule has 25 heavy (non-hydrogen) atoms. The van der Waals surface area contributed by atoms with E-state index in [0.717, 1.165) is 55.5 Å². The van der Waals surface area contributed by atoms with Crippen molar-refractivity contribution in [2.24, 2.45) is 5.73 Å². The summed E-state index contributed by atoms with van der Waals surface area (Å²) < 4.78 is 2.21. The molecule has 3 N–H and O–H groups in total. The SMILES string of the molecule is CCn1c(CCNC(=O)C2(N)CCCCC2)nc2ccccc21.Cl.Cl. The fraction of sp³-hybridized carbons (Fsp3) is 0.556. The number of carbonyl (C=O) groups is 1. The Labute approximate surface area is 161 Å². The monoisotopic (exact) mass is 386 g/mol. The molecule has 3 rings (SSSR count). The highest BCUT2D eigenvalue weighted by Gasteiger charge is 2.34. The average Bonchev–Trinajstić information content (AvgIpc) is 2.92. The van der Waals surface area contributed by atoms with Crippen LogP contribution in [0.2, 0.25) is 0 Å². The molecule has 0 unspecified atom stereocenters. The van der Waals surface area contributed by atoms with Crippen LogP contribution in [0.15, 0.2) is 24.3 Å². The number of imidazole rings is 1. The molecule has 0 saturated heterocycles. The van der Waals surface area contributed by atoms with E-state index in [-0.39, 0.29) is 30.7 Å². The summed E-state index contributed by atoms with van der Waals surface area (Å²) in [4.78, 5) is 17.1. The average molecular weight is 387 g/mol. The minimum absolute atomic E-state index is 0. The second-order valence-corrected chi connectivity index (χ2v) is 6.48. The van der Waals surface area contributed by atoms with Crippen LogP contribution in [0.4, 0.5) is 0 Å². The zero-order valence-electron chi connectivity index (χ0n) is 14.7. The Balaban J connectivity index is 0.00000156. The smallest absolute Gasteiger partial charge is 0.240 e. The van der Waals surface area contributed by atoms with Crippen molar-refractivity contribution >= 4 is 41.8 Å². The van der Waals surface area contributed by atoms with Crippen molar-refractivity contribution in [3.8, 4) is 0 Å². The maximum Gasteiger partial charge on any atom is 0.240 e. The summed E-state index contributed by atoms with van der Waals surface area (Å²) in [6.07, 6.45) is 5.61. The Kier molecular flexibility index (Phi) is 8.19. The highest BCUT2D eigenvalue weighted by Crippen LogP contribution is 2.26. The molecular formula is C18H28Cl2N4O. The van der Waals surface area contributed by atoms with Crippen LogP contribution in [0.3, 0.4) is 0 Å². The molecule has 1 aliphatic carbocycles. The molecule has 5 nitrogen and oxygen atoms in total. The van der Waals surface area contributed by atoms with Gasteiger partial charge in [0.05, 0.1) is 16.6 Å². The number of nitrogens with zero attached hydrogens (tertiary/aromatic N) is 2. The van der Waals surface area contributed by atoms with Crippen molar-refractivity contribution < 1.29 is 4.79 Å². The lowest BCUT2D eigenvalue weighted by Gasteiger charge is -2.31. The summed E-state index contributed by atoms with van der Waals surface area (Å²) in [7, 11) is 0. The number of halogens is 2. The van der Waals surface area contributed by atoms with Crippen molar-refractivity contribution in [2.75, 3.05) is 6.54 Å². The number of para-hydroxylation sites is 2. The van der Waals surface area contributed by atoms with Gasteiger partial charge >= 0.3 is 0 Å². The van der Waals surface area contributed by atoms with Crippen molar-refractivity contribution in [2.45, 2.75) is 57.5 Å². The van der Waals surface area contributed by atoms with E-state index in [1.54, 1.807) is 0 Å². The third-order valence-electron chi connectivity index (χ3n) is 4.88. The number of carbonyl (C=O) groups excluding carboxylic acids is 1. The summed E-state index contributed by atoms with van der Waals surface area (Å²) in [5.74, 6) is 1.01. The highest BCUT2D eigenvalue weighted by molar-refractivity contribution is 5.86. The largest absolute Gasteiger partial charge is 0.354 e. The molecule has 1 saturated carbocycles. The number of nitrogens with two attached hydrogens (primary N) is 1. The van der Waals surface area contributed by atoms with Gasteiger partial charge in [-0.05, 0) is 31.9 Å². The van der Waals surface area contributed by atoms with Gasteiger partial charge in [0.2, 0.25) is 5.91 Å². The lowest BCUT2D eigenvalue weighted by Crippen LogP contribution is -2.55. The molecule has 1 aromatic carbocycles. The maximum absolute atomic E-state index is 12.4. The Morgan fingerprint density at radius 3 is 2.60 bits per heavy atom. The third-order valence-corrected chi connectivity index (χ3v) is 4.88. The zero-order valence-corrected chi connectivity index (χ0v) is 16.3. The number of benzene rings is 1. The summed E-state index contributed by atoms with van der Waals surface area (Å²) in [6.45, 7) is 3.58. The van der Waals surface area contributed by atoms with E-state index in [2.05, 4.69) is 22.9 Å². The predicted octanol–water partition coefficient (Wildman–Crippen LogP) is 3.22. The number of hydrogen-bond donors (Lipinski definition) is 2. The molecule has 1 aliphatic rings. The number of hydrogen-bond acceptors (Lipinski definition) is 3. The zero-order chi connectivity index (χ0) is 16.3. The highest BCUT2D eigenvalue weighted by atomic mass is 35.5. The molecule has 1 amide bonds. The van der Waals surface area contributed by atoms with Crippen molar-refractivity contribution in [1.82, 2.24) is 14.9 Å². The normalized spacial score (nSPS) is 15.9. The molecule has 0 spiro atoms. The van der Waals surface area contributed by atoms with Crippen LogP contribution in [0.5, 0.6) is 0 Å². The van der Waals surface area contributed by atoms with E-state index < -0.39 is 5.54 Å². The van der Waals surface area contributed by atoms with E-state index in [0.29, 0.717) is 6.54 Å². The number of aryl methyl sites for hydroxylation is 1. The fourth-order valence-corrected chi connectivity index (χ4v) is 3.54. The number of fused-ring (bicyclic) bond motifs is 1. The van der Waals surface area contributed by atoms with Gasteiger partial charge in [0.15, 0.2) is 0 Å². The maximum atomic E-state index is 12.4. The summed E-state index contributed by atoms with van der Waals surface area (Å²) >= 11 is 0. The van der Waals surface area contributed by atoms with Crippen LogP contribution >= 0.6 is 24.8 Å². The summed E-state index contributed by atoms with van der Waals surface area (Å²) in [6, 6.07) is 8.15. The van der Waals surface area contributed by atoms with Crippen molar-refractivity contribution in [3.05, 3.63) is 30.1 Å². The Hall–Kier alpha value is -1.30. The standard InChI is InChI=1S/C18H26N4O.2ClH/c1-2-22-15-9-5-4-8-14(15)21-16(22)10-13-20-17(23)18(19)11-6-3-7-12-18;;/h4-5,8-9H,2-3,6-7,10-13,19H2,1H3,(H,20,23);2*1H. The molecule has 0 aliphatic heterocycles. The minimum Gasteiger partial charge on any atom is -0.354 e. The van der Waals surface area contributed by atoms with Gasteiger partial charge in [0.25, 0.3) is 0 Å². The third kappa shape index (κ3) is 4.66. The molecule has 0 atom stereocenters. The van der Waals surface area contributed by atoms with Crippen LogP contribution in [-0.4, -0.2) is 27.5 Å². The molecule has 0 radical (unpaired) electrons. The van der Waals surface area contributed by atoms with E-state index in [4.69, 9.17) is 10.7 Å². The molecule has 0 bridgehead atoms. The van der Waals surface area contributed by atoms with E-state index >= 15 is 0 Å². The quantitative estimate of drug-likeness (QED) is 0.828. The summed E-state index contributed by atoms with van der Waals surface area (Å²) in [5.41, 5.74) is 7.77. The van der Waals surface area contributed by atoms with Gasteiger partial charge in [-0.1, -0.05) is 31.4 Å². The van der Waals surface area contributed by atoms with Crippen molar-refractivity contribution in [1.29, 1.82) is 0 Å². The number of rotatable bonds is 5. The molecule has 1 fully saturated rings. The first-order chi connectivity index (χ1) is 11.1. The molecule has 1 heterocycles. The van der Waals surface area contributed by atoms with Gasteiger partial charge in [-0.2, -0.15) is 0 Å². The van der Waals surface area contributed by atoms with Crippen LogP contribution in [-0.2, 0) is 17.8 Å². The topological polar surface area (TPSA) is 72.9 Å². The van der Waals surface area contributed by atoms with Gasteiger partial charge in [0, 0.05) is 19.5 Å². The second kappa shape index (κ2) is 9.41. The molecular weight excluding hydrogens is 359 g/mol. The molecule has 2 aromatic rings. The molecule has 140 valence electrons. The summed E-state index contributed by atoms with van der Waals surface area (Å²) in [5, 5.41) is 3.02. The lowest BCUT2D eigenvalue weighted by atomic mass is 9.82. The van der Waals surface area contributed by atoms with E-state index in [1.165, 1.54) is 6.42 Å². The van der Waals surface area contributed by atoms with Crippen LogP contribution < -0.4 is 11.1 Å². The Bertz CT molecular complexity index is 695. The van der Waals surface area contributed by atoms with Gasteiger partial charge in [-0.15, -0.1) is 24.8 Å². The van der Waals surface area contributed by atoms with Crippen LogP contribution in [0.1, 0.15) is 44.9 Å². The second-order valence-electron chi connectivity index (χ2n) is 6.48.